The lowest BCUT2D eigenvalue weighted by Gasteiger charge is -1.90. The van der Waals surface area contributed by atoms with Gasteiger partial charge in [-0.1, -0.05) is 66.2 Å². The summed E-state index contributed by atoms with van der Waals surface area (Å²) in [5.74, 6) is 0. The molecule has 0 unspecified atom stereocenters. The minimum atomic E-state index is 0.961. The average molecular weight is 671 g/mol. The second-order valence-electron chi connectivity index (χ2n) is 10.6. The predicted octanol–water partition coefficient (Wildman–Crippen LogP) is 10.8. The molecule has 48 heavy (non-hydrogen) atoms. The Hall–Kier alpha value is -5.18. The Morgan fingerprint density at radius 2 is 1.15 bits per heavy atom. The predicted molar refractivity (Wildman–Crippen MR) is 205 cm³/mol. The van der Waals surface area contributed by atoms with E-state index < -0.39 is 0 Å². The summed E-state index contributed by atoms with van der Waals surface area (Å²) < 4.78 is 2.55. The standard InChI is InChI=1S/2C8H7NS.C7H8.2C6H7N.C5H6N2/c1-6-2-3-8-7(4-6)9-5-10-8;1-6-3-2-4-7-8(6)9-5-10-7;1-7-5-3-2-4-6-7;1-6-3-2-4-7-5-6;1-6-4-2-3-5-7-6;1-5-4-6-2-3-7-5/h2*2-5H,1H3;2-6H,1H3;2*2-5H,1H3;2-4H,1H3. The van der Waals surface area contributed by atoms with Gasteiger partial charge in [0.15, 0.2) is 0 Å². The first-order valence-electron chi connectivity index (χ1n) is 15.4. The fourth-order valence-corrected chi connectivity index (χ4v) is 5.21. The van der Waals surface area contributed by atoms with Gasteiger partial charge in [0, 0.05) is 42.9 Å². The van der Waals surface area contributed by atoms with E-state index in [0.29, 0.717) is 0 Å². The maximum atomic E-state index is 4.24. The number of hydrogen-bond acceptors (Lipinski definition) is 8. The van der Waals surface area contributed by atoms with Crippen LogP contribution in [0.15, 0.2) is 145 Å². The zero-order valence-electron chi connectivity index (χ0n) is 28.4. The van der Waals surface area contributed by atoms with Crippen LogP contribution < -0.4 is 0 Å². The maximum absolute atomic E-state index is 4.24. The highest BCUT2D eigenvalue weighted by molar-refractivity contribution is 7.17. The third kappa shape index (κ3) is 14.9. The first-order chi connectivity index (χ1) is 23.3. The molecule has 0 saturated carbocycles. The molecular weight excluding hydrogens is 629 g/mol. The number of para-hydroxylation sites is 1. The Balaban J connectivity index is 0.000000158. The fraction of sp³-hybridized carbons (Fsp3) is 0.150. The van der Waals surface area contributed by atoms with Crippen molar-refractivity contribution in [3.8, 4) is 0 Å². The molecule has 6 nitrogen and oxygen atoms in total. The van der Waals surface area contributed by atoms with E-state index in [4.69, 9.17) is 0 Å². The van der Waals surface area contributed by atoms with E-state index >= 15 is 0 Å². The van der Waals surface area contributed by atoms with Gasteiger partial charge in [0.25, 0.3) is 0 Å². The number of aromatic nitrogens is 6. The van der Waals surface area contributed by atoms with E-state index in [0.717, 1.165) is 22.4 Å². The molecule has 0 atom stereocenters. The normalized spacial score (nSPS) is 9.46. The minimum Gasteiger partial charge on any atom is -0.264 e. The van der Waals surface area contributed by atoms with Crippen LogP contribution in [0.5, 0.6) is 0 Å². The molecule has 8 rings (SSSR count). The molecule has 0 bridgehead atoms. The van der Waals surface area contributed by atoms with E-state index in [9.17, 15) is 0 Å². The van der Waals surface area contributed by atoms with E-state index in [1.165, 1.54) is 31.7 Å². The van der Waals surface area contributed by atoms with Crippen molar-refractivity contribution in [2.24, 2.45) is 0 Å². The van der Waals surface area contributed by atoms with Crippen LogP contribution in [-0.2, 0) is 0 Å². The Morgan fingerprint density at radius 3 is 1.67 bits per heavy atom. The van der Waals surface area contributed by atoms with E-state index in [1.807, 2.05) is 86.5 Å². The molecule has 0 spiro atoms. The largest absolute Gasteiger partial charge is 0.264 e. The summed E-state index contributed by atoms with van der Waals surface area (Å²) in [6, 6.07) is 32.6. The monoisotopic (exact) mass is 670 g/mol. The van der Waals surface area contributed by atoms with Gasteiger partial charge in [-0.25, -0.2) is 9.97 Å². The van der Waals surface area contributed by atoms with Crippen molar-refractivity contribution < 1.29 is 0 Å². The smallest absolute Gasteiger partial charge is 0.0841 e. The Bertz CT molecular complexity index is 1830. The molecule has 8 heteroatoms. The molecule has 0 N–H and O–H groups in total. The number of pyridine rings is 2. The Kier molecular flexibility index (Phi) is 16.8. The molecule has 8 aromatic rings. The van der Waals surface area contributed by atoms with Crippen molar-refractivity contribution in [3.05, 3.63) is 179 Å². The van der Waals surface area contributed by atoms with Crippen LogP contribution >= 0.6 is 22.7 Å². The molecule has 0 aliphatic heterocycles. The van der Waals surface area contributed by atoms with Gasteiger partial charge in [0.2, 0.25) is 0 Å². The average Bonchev–Trinajstić information content (AvgIpc) is 3.78. The van der Waals surface area contributed by atoms with Crippen LogP contribution in [0.3, 0.4) is 0 Å². The maximum Gasteiger partial charge on any atom is 0.0841 e. The van der Waals surface area contributed by atoms with Crippen LogP contribution in [0, 0.1) is 41.5 Å². The van der Waals surface area contributed by atoms with Crippen molar-refractivity contribution in [1.29, 1.82) is 0 Å². The van der Waals surface area contributed by atoms with Gasteiger partial charge in [-0.05, 0) is 94.6 Å². The molecule has 0 fully saturated rings. The summed E-state index contributed by atoms with van der Waals surface area (Å²) in [4.78, 5) is 24.0. The topological polar surface area (TPSA) is 77.3 Å². The zero-order valence-corrected chi connectivity index (χ0v) is 30.0. The zero-order chi connectivity index (χ0) is 34.4. The summed E-state index contributed by atoms with van der Waals surface area (Å²) in [6.45, 7) is 12.2. The molecule has 244 valence electrons. The molecule has 0 aliphatic rings. The quantitative estimate of drug-likeness (QED) is 0.160. The van der Waals surface area contributed by atoms with Gasteiger partial charge in [0.1, 0.15) is 0 Å². The SMILES string of the molecule is Cc1ccc2scnc2c1.Cc1cccc2scnc12.Cc1ccccc1.Cc1ccccn1.Cc1cccnc1.Cc1cnccn1. The number of rotatable bonds is 0. The lowest BCUT2D eigenvalue weighted by Crippen LogP contribution is -1.77. The molecule has 0 amide bonds. The van der Waals surface area contributed by atoms with Crippen molar-refractivity contribution >= 4 is 43.1 Å². The van der Waals surface area contributed by atoms with E-state index in [-0.39, 0.29) is 0 Å². The van der Waals surface area contributed by atoms with Crippen LogP contribution in [0.2, 0.25) is 0 Å². The molecule has 0 radical (unpaired) electrons. The number of benzene rings is 3. The van der Waals surface area contributed by atoms with Gasteiger partial charge < -0.3 is 0 Å². The second kappa shape index (κ2) is 21.6. The van der Waals surface area contributed by atoms with E-state index in [2.05, 4.69) is 99.2 Å². The van der Waals surface area contributed by atoms with Gasteiger partial charge in [-0.2, -0.15) is 0 Å². The summed E-state index contributed by atoms with van der Waals surface area (Å²) >= 11 is 3.38. The number of aryl methyl sites for hydroxylation is 6. The Labute approximate surface area is 292 Å². The lowest BCUT2D eigenvalue weighted by atomic mass is 10.2. The molecule has 3 aromatic carbocycles. The number of nitrogens with zero attached hydrogens (tertiary/aromatic N) is 6. The van der Waals surface area contributed by atoms with Crippen LogP contribution in [0.1, 0.15) is 33.6 Å². The van der Waals surface area contributed by atoms with E-state index in [1.54, 1.807) is 53.7 Å². The lowest BCUT2D eigenvalue weighted by molar-refractivity contribution is 1.12. The van der Waals surface area contributed by atoms with Crippen LogP contribution in [0.25, 0.3) is 20.4 Å². The van der Waals surface area contributed by atoms with Crippen LogP contribution in [-0.4, -0.2) is 29.9 Å². The third-order valence-corrected chi connectivity index (χ3v) is 7.91. The van der Waals surface area contributed by atoms with Crippen LogP contribution in [0.4, 0.5) is 0 Å². The van der Waals surface area contributed by atoms with Gasteiger partial charge in [-0.3, -0.25) is 19.9 Å². The first-order valence-corrected chi connectivity index (χ1v) is 17.1. The van der Waals surface area contributed by atoms with Gasteiger partial charge in [-0.15, -0.1) is 22.7 Å². The van der Waals surface area contributed by atoms with Crippen molar-refractivity contribution in [3.63, 3.8) is 0 Å². The fourth-order valence-electron chi connectivity index (χ4n) is 3.80. The van der Waals surface area contributed by atoms with Gasteiger partial charge >= 0.3 is 0 Å². The van der Waals surface area contributed by atoms with Crippen molar-refractivity contribution in [2.45, 2.75) is 41.5 Å². The molecule has 0 aliphatic carbocycles. The molecule has 5 heterocycles. The number of hydrogen-bond donors (Lipinski definition) is 0. The Morgan fingerprint density at radius 1 is 0.438 bits per heavy atom. The summed E-state index contributed by atoms with van der Waals surface area (Å²) in [5.41, 5.74) is 13.1. The first kappa shape index (κ1) is 37.3. The highest BCUT2D eigenvalue weighted by Crippen LogP contribution is 2.20. The highest BCUT2D eigenvalue weighted by Gasteiger charge is 1.96. The number of thiazole rings is 2. The molecule has 0 saturated heterocycles. The molecular formula is C40H42N6S2. The second-order valence-corrected chi connectivity index (χ2v) is 12.4. The summed E-state index contributed by atoms with van der Waals surface area (Å²) in [7, 11) is 0. The van der Waals surface area contributed by atoms with Crippen molar-refractivity contribution in [2.75, 3.05) is 0 Å². The van der Waals surface area contributed by atoms with Crippen molar-refractivity contribution in [1.82, 2.24) is 29.9 Å². The minimum absolute atomic E-state index is 0.961. The summed E-state index contributed by atoms with van der Waals surface area (Å²) in [5, 5.41) is 0. The third-order valence-electron chi connectivity index (χ3n) is 6.30. The van der Waals surface area contributed by atoms with Gasteiger partial charge in [0.05, 0.1) is 37.1 Å². The number of fused-ring (bicyclic) bond motifs is 2. The summed E-state index contributed by atoms with van der Waals surface area (Å²) in [6.07, 6.45) is 10.4. The highest BCUT2D eigenvalue weighted by atomic mass is 32.1. The molecule has 5 aromatic heterocycles.